The summed E-state index contributed by atoms with van der Waals surface area (Å²) in [6.07, 6.45) is 2.16. The van der Waals surface area contributed by atoms with Crippen LogP contribution in [0.1, 0.15) is 10.4 Å². The van der Waals surface area contributed by atoms with Gasteiger partial charge in [-0.3, -0.25) is 10.1 Å². The van der Waals surface area contributed by atoms with E-state index in [1.807, 2.05) is 0 Å². The van der Waals surface area contributed by atoms with Gasteiger partial charge in [-0.15, -0.1) is 0 Å². The lowest BCUT2D eigenvalue weighted by Gasteiger charge is -2.07. The number of hydrogen-bond donors (Lipinski definition) is 2. The number of halogens is 1. The SMILES string of the molecule is O=C(O)c1ccc(Nc2ncc([N+](=O)[O-])cn2)c(Br)c1. The van der Waals surface area contributed by atoms with Crippen LogP contribution in [0.15, 0.2) is 35.1 Å². The van der Waals surface area contributed by atoms with E-state index in [1.165, 1.54) is 18.2 Å². The Kier molecular flexibility index (Phi) is 3.89. The van der Waals surface area contributed by atoms with Gasteiger partial charge in [-0.2, -0.15) is 0 Å². The van der Waals surface area contributed by atoms with Crippen molar-refractivity contribution >= 4 is 39.2 Å². The molecule has 0 aliphatic heterocycles. The van der Waals surface area contributed by atoms with E-state index in [4.69, 9.17) is 5.11 Å². The van der Waals surface area contributed by atoms with Crippen LogP contribution >= 0.6 is 15.9 Å². The van der Waals surface area contributed by atoms with Crippen LogP contribution in [-0.2, 0) is 0 Å². The second-order valence-corrected chi connectivity index (χ2v) is 4.50. The lowest BCUT2D eigenvalue weighted by molar-refractivity contribution is -0.385. The molecule has 2 rings (SSSR count). The van der Waals surface area contributed by atoms with Crippen LogP contribution in [0, 0.1) is 10.1 Å². The fraction of sp³-hybridized carbons (Fsp3) is 0. The number of nitrogens with one attached hydrogen (secondary N) is 1. The minimum absolute atomic E-state index is 0.132. The molecule has 8 nitrogen and oxygen atoms in total. The van der Waals surface area contributed by atoms with Crippen molar-refractivity contribution in [3.05, 3.63) is 50.7 Å². The zero-order valence-corrected chi connectivity index (χ0v) is 11.4. The Hall–Kier alpha value is -2.55. The van der Waals surface area contributed by atoms with Crippen LogP contribution in [-0.4, -0.2) is 26.0 Å². The lowest BCUT2D eigenvalue weighted by Crippen LogP contribution is -2.01. The molecular formula is C11H7BrN4O4. The van der Waals surface area contributed by atoms with E-state index in [-0.39, 0.29) is 17.2 Å². The normalized spacial score (nSPS) is 10.1. The third-order valence-corrected chi connectivity index (χ3v) is 2.97. The van der Waals surface area contributed by atoms with E-state index < -0.39 is 10.9 Å². The molecule has 0 atom stereocenters. The molecule has 0 saturated heterocycles. The first-order valence-electron chi connectivity index (χ1n) is 5.23. The summed E-state index contributed by atoms with van der Waals surface area (Å²) in [7, 11) is 0. The molecule has 2 N–H and O–H groups in total. The average molecular weight is 339 g/mol. The monoisotopic (exact) mass is 338 g/mol. The predicted molar refractivity (Wildman–Crippen MR) is 73.1 cm³/mol. The zero-order valence-electron chi connectivity index (χ0n) is 9.78. The van der Waals surface area contributed by atoms with Crippen LogP contribution < -0.4 is 5.32 Å². The molecule has 0 spiro atoms. The van der Waals surface area contributed by atoms with E-state index in [0.29, 0.717) is 10.2 Å². The number of nitrogens with zero attached hydrogens (tertiary/aromatic N) is 3. The Morgan fingerprint density at radius 3 is 2.50 bits per heavy atom. The lowest BCUT2D eigenvalue weighted by atomic mass is 10.2. The fourth-order valence-electron chi connectivity index (χ4n) is 1.35. The summed E-state index contributed by atoms with van der Waals surface area (Å²) in [5.41, 5.74) is 0.465. The fourth-order valence-corrected chi connectivity index (χ4v) is 1.83. The molecule has 2 aromatic rings. The molecule has 1 aromatic carbocycles. The number of carboxylic acids is 1. The van der Waals surface area contributed by atoms with Gasteiger partial charge in [0.2, 0.25) is 5.95 Å². The third-order valence-electron chi connectivity index (χ3n) is 2.31. The molecule has 0 aliphatic carbocycles. The first-order chi connectivity index (χ1) is 9.47. The maximum Gasteiger partial charge on any atom is 0.335 e. The molecule has 102 valence electrons. The van der Waals surface area contributed by atoms with Crippen molar-refractivity contribution in [3.8, 4) is 0 Å². The van der Waals surface area contributed by atoms with Gasteiger partial charge < -0.3 is 10.4 Å². The highest BCUT2D eigenvalue weighted by molar-refractivity contribution is 9.10. The number of hydrogen-bond acceptors (Lipinski definition) is 6. The molecule has 0 bridgehead atoms. The summed E-state index contributed by atoms with van der Waals surface area (Å²) in [5.74, 6) is -0.872. The van der Waals surface area contributed by atoms with Gasteiger partial charge in [0.05, 0.1) is 16.2 Å². The van der Waals surface area contributed by atoms with Crippen molar-refractivity contribution < 1.29 is 14.8 Å². The summed E-state index contributed by atoms with van der Waals surface area (Å²) in [4.78, 5) is 28.3. The largest absolute Gasteiger partial charge is 0.478 e. The number of carboxylic acid groups (broad SMARTS) is 1. The van der Waals surface area contributed by atoms with E-state index in [2.05, 4.69) is 31.2 Å². The average Bonchev–Trinajstić information content (AvgIpc) is 2.41. The molecule has 0 unspecified atom stereocenters. The van der Waals surface area contributed by atoms with Crippen molar-refractivity contribution in [1.82, 2.24) is 9.97 Å². The number of aromatic carboxylic acids is 1. The summed E-state index contributed by atoms with van der Waals surface area (Å²) in [5, 5.41) is 22.1. The molecule has 0 saturated carbocycles. The number of anilines is 2. The van der Waals surface area contributed by atoms with Crippen molar-refractivity contribution in [1.29, 1.82) is 0 Å². The topological polar surface area (TPSA) is 118 Å². The number of rotatable bonds is 4. The molecule has 9 heteroatoms. The highest BCUT2D eigenvalue weighted by atomic mass is 79.9. The van der Waals surface area contributed by atoms with Gasteiger partial charge >= 0.3 is 11.7 Å². The summed E-state index contributed by atoms with van der Waals surface area (Å²) in [6, 6.07) is 4.38. The smallest absolute Gasteiger partial charge is 0.335 e. The first kappa shape index (κ1) is 13.9. The van der Waals surface area contributed by atoms with Crippen molar-refractivity contribution in [2.45, 2.75) is 0 Å². The van der Waals surface area contributed by atoms with Gasteiger partial charge in [-0.25, -0.2) is 14.8 Å². The highest BCUT2D eigenvalue weighted by Crippen LogP contribution is 2.26. The van der Waals surface area contributed by atoms with E-state index in [9.17, 15) is 14.9 Å². The number of benzene rings is 1. The summed E-state index contributed by atoms with van der Waals surface area (Å²) >= 11 is 3.22. The maximum absolute atomic E-state index is 10.8. The van der Waals surface area contributed by atoms with Gasteiger partial charge in [-0.1, -0.05) is 0 Å². The van der Waals surface area contributed by atoms with Crippen LogP contribution in [0.25, 0.3) is 0 Å². The molecule has 1 aromatic heterocycles. The van der Waals surface area contributed by atoms with Crippen LogP contribution in [0.5, 0.6) is 0 Å². The molecule has 20 heavy (non-hydrogen) atoms. The molecule has 0 radical (unpaired) electrons. The minimum Gasteiger partial charge on any atom is -0.478 e. The molecular weight excluding hydrogens is 332 g/mol. The van der Waals surface area contributed by atoms with Gasteiger partial charge in [0, 0.05) is 4.47 Å². The molecule has 0 aliphatic rings. The standard InChI is InChI=1S/C11H7BrN4O4/c12-8-3-6(10(17)18)1-2-9(8)15-11-13-4-7(5-14-11)16(19)20/h1-5H,(H,17,18)(H,13,14,15). The highest BCUT2D eigenvalue weighted by Gasteiger charge is 2.10. The Bertz CT molecular complexity index is 675. The van der Waals surface area contributed by atoms with E-state index in [0.717, 1.165) is 12.4 Å². The summed E-state index contributed by atoms with van der Waals surface area (Å²) < 4.78 is 0.513. The Labute approximate surface area is 120 Å². The Balaban J connectivity index is 2.21. The van der Waals surface area contributed by atoms with Crippen LogP contribution in [0.3, 0.4) is 0 Å². The van der Waals surface area contributed by atoms with Crippen molar-refractivity contribution in [2.24, 2.45) is 0 Å². The summed E-state index contributed by atoms with van der Waals surface area (Å²) in [6.45, 7) is 0. The van der Waals surface area contributed by atoms with Gasteiger partial charge in [0.1, 0.15) is 12.4 Å². The number of aromatic nitrogens is 2. The molecule has 0 amide bonds. The van der Waals surface area contributed by atoms with Gasteiger partial charge in [0.15, 0.2) is 0 Å². The van der Waals surface area contributed by atoms with Crippen LogP contribution in [0.2, 0.25) is 0 Å². The Morgan fingerprint density at radius 1 is 1.35 bits per heavy atom. The van der Waals surface area contributed by atoms with Crippen molar-refractivity contribution in [3.63, 3.8) is 0 Å². The first-order valence-corrected chi connectivity index (χ1v) is 6.03. The van der Waals surface area contributed by atoms with Gasteiger partial charge in [0.25, 0.3) is 0 Å². The second-order valence-electron chi connectivity index (χ2n) is 3.65. The molecule has 1 heterocycles. The predicted octanol–water partition coefficient (Wildman–Crippen LogP) is 2.59. The zero-order chi connectivity index (χ0) is 14.7. The third kappa shape index (κ3) is 3.06. The quantitative estimate of drug-likeness (QED) is 0.649. The molecule has 0 fully saturated rings. The maximum atomic E-state index is 10.8. The second kappa shape index (κ2) is 5.61. The number of carbonyl (C=O) groups is 1. The van der Waals surface area contributed by atoms with E-state index >= 15 is 0 Å². The van der Waals surface area contributed by atoms with Gasteiger partial charge in [-0.05, 0) is 34.1 Å². The van der Waals surface area contributed by atoms with Crippen LogP contribution in [0.4, 0.5) is 17.3 Å². The number of nitro groups is 1. The Morgan fingerprint density at radius 2 is 2.00 bits per heavy atom. The van der Waals surface area contributed by atoms with E-state index in [1.54, 1.807) is 0 Å². The van der Waals surface area contributed by atoms with Crippen molar-refractivity contribution in [2.75, 3.05) is 5.32 Å². The minimum atomic E-state index is -1.04.